The van der Waals surface area contributed by atoms with Crippen LogP contribution in [0.15, 0.2) is 0 Å². The van der Waals surface area contributed by atoms with Crippen LogP contribution in [-0.2, 0) is 0 Å². The number of rotatable bonds is 1. The summed E-state index contributed by atoms with van der Waals surface area (Å²) in [6.45, 7) is 0.834. The molecule has 1 atom stereocenters. The van der Waals surface area contributed by atoms with Gasteiger partial charge < -0.3 is 5.32 Å². The van der Waals surface area contributed by atoms with E-state index < -0.39 is 0 Å². The second-order valence-electron chi connectivity index (χ2n) is 2.77. The zero-order chi connectivity index (χ0) is 7.94. The third-order valence-electron chi connectivity index (χ3n) is 1.73. The highest BCUT2D eigenvalue weighted by atomic mass is 32.2. The molecule has 0 aliphatic carbocycles. The van der Waals surface area contributed by atoms with Gasteiger partial charge in [0.2, 0.25) is 0 Å². The molecular formula is C9H15NS. The molecular weight excluding hydrogens is 154 g/mol. The summed E-state index contributed by atoms with van der Waals surface area (Å²) in [4.78, 5) is 0. The molecule has 62 valence electrons. The molecule has 1 aliphatic rings. The van der Waals surface area contributed by atoms with Crippen LogP contribution in [0.2, 0.25) is 0 Å². The van der Waals surface area contributed by atoms with E-state index in [0.29, 0.717) is 5.92 Å². The van der Waals surface area contributed by atoms with Gasteiger partial charge in [0.1, 0.15) is 0 Å². The van der Waals surface area contributed by atoms with Crippen molar-refractivity contribution in [1.29, 1.82) is 0 Å². The molecule has 1 saturated heterocycles. The fourth-order valence-corrected chi connectivity index (χ4v) is 2.21. The first kappa shape index (κ1) is 8.96. The summed E-state index contributed by atoms with van der Waals surface area (Å²) >= 11 is 2.04. The first-order valence-corrected chi connectivity index (χ1v) is 5.29. The lowest BCUT2D eigenvalue weighted by Crippen LogP contribution is -2.09. The van der Waals surface area contributed by atoms with Crippen LogP contribution in [0.1, 0.15) is 12.8 Å². The van der Waals surface area contributed by atoms with Gasteiger partial charge in [0, 0.05) is 11.7 Å². The monoisotopic (exact) mass is 169 g/mol. The molecule has 0 aromatic carbocycles. The highest BCUT2D eigenvalue weighted by molar-refractivity contribution is 7.99. The summed E-state index contributed by atoms with van der Waals surface area (Å²) in [5, 5.41) is 3.03. The van der Waals surface area contributed by atoms with Crippen LogP contribution in [0.4, 0.5) is 0 Å². The van der Waals surface area contributed by atoms with Gasteiger partial charge in [-0.3, -0.25) is 0 Å². The summed E-state index contributed by atoms with van der Waals surface area (Å²) in [7, 11) is 1.93. The molecule has 0 aromatic heterocycles. The van der Waals surface area contributed by atoms with Gasteiger partial charge in [-0.25, -0.2) is 0 Å². The summed E-state index contributed by atoms with van der Waals surface area (Å²) in [5.74, 6) is 9.67. The maximum absolute atomic E-state index is 3.29. The zero-order valence-electron chi connectivity index (χ0n) is 7.02. The fourth-order valence-electron chi connectivity index (χ4n) is 1.14. The predicted octanol–water partition coefficient (Wildman–Crippen LogP) is 1.35. The van der Waals surface area contributed by atoms with Crippen LogP contribution < -0.4 is 5.32 Å². The molecule has 0 amide bonds. The molecule has 1 fully saturated rings. The van der Waals surface area contributed by atoms with E-state index in [4.69, 9.17) is 0 Å². The van der Waals surface area contributed by atoms with Crippen LogP contribution in [0.3, 0.4) is 0 Å². The molecule has 0 spiro atoms. The molecule has 1 nitrogen and oxygen atoms in total. The van der Waals surface area contributed by atoms with Gasteiger partial charge in [-0.1, -0.05) is 11.8 Å². The van der Waals surface area contributed by atoms with Crippen LogP contribution in [0.5, 0.6) is 0 Å². The van der Waals surface area contributed by atoms with Crippen LogP contribution in [-0.4, -0.2) is 25.1 Å². The highest BCUT2D eigenvalue weighted by Gasteiger charge is 2.09. The Kier molecular flexibility index (Phi) is 4.49. The SMILES string of the molecule is CNCC#CC1CCCSC1. The summed E-state index contributed by atoms with van der Waals surface area (Å²) in [6.07, 6.45) is 2.66. The maximum atomic E-state index is 3.29. The Bertz CT molecular complexity index is 151. The van der Waals surface area contributed by atoms with Crippen molar-refractivity contribution in [2.75, 3.05) is 25.1 Å². The molecule has 1 unspecified atom stereocenters. The lowest BCUT2D eigenvalue weighted by atomic mass is 10.1. The minimum absolute atomic E-state index is 0.669. The summed E-state index contributed by atoms with van der Waals surface area (Å²) in [6, 6.07) is 0. The number of hydrogen-bond donors (Lipinski definition) is 1. The van der Waals surface area contributed by atoms with Gasteiger partial charge in [-0.15, -0.1) is 0 Å². The Labute approximate surface area is 73.3 Å². The molecule has 0 saturated carbocycles. The van der Waals surface area contributed by atoms with E-state index >= 15 is 0 Å². The minimum Gasteiger partial charge on any atom is -0.309 e. The Morgan fingerprint density at radius 3 is 3.18 bits per heavy atom. The smallest absolute Gasteiger partial charge is 0.0574 e. The Morgan fingerprint density at radius 2 is 2.55 bits per heavy atom. The van der Waals surface area contributed by atoms with Crippen molar-refractivity contribution in [3.8, 4) is 11.8 Å². The van der Waals surface area contributed by atoms with Gasteiger partial charge in [-0.05, 0) is 25.6 Å². The van der Waals surface area contributed by atoms with Crippen molar-refractivity contribution in [3.05, 3.63) is 0 Å². The van der Waals surface area contributed by atoms with E-state index in [1.165, 1.54) is 24.3 Å². The molecule has 1 heterocycles. The van der Waals surface area contributed by atoms with Crippen molar-refractivity contribution < 1.29 is 0 Å². The van der Waals surface area contributed by atoms with Gasteiger partial charge in [0.15, 0.2) is 0 Å². The topological polar surface area (TPSA) is 12.0 Å². The highest BCUT2D eigenvalue weighted by Crippen LogP contribution is 2.21. The van der Waals surface area contributed by atoms with Gasteiger partial charge in [0.05, 0.1) is 6.54 Å². The summed E-state index contributed by atoms with van der Waals surface area (Å²) < 4.78 is 0. The van der Waals surface area contributed by atoms with E-state index in [1.807, 2.05) is 18.8 Å². The predicted molar refractivity (Wildman–Crippen MR) is 51.8 cm³/mol. The largest absolute Gasteiger partial charge is 0.309 e. The van der Waals surface area contributed by atoms with Crippen molar-refractivity contribution in [1.82, 2.24) is 5.32 Å². The molecule has 1 rings (SSSR count). The fraction of sp³-hybridized carbons (Fsp3) is 0.778. The van der Waals surface area contributed by atoms with Crippen molar-refractivity contribution >= 4 is 11.8 Å². The summed E-state index contributed by atoms with van der Waals surface area (Å²) in [5.41, 5.74) is 0. The third-order valence-corrected chi connectivity index (χ3v) is 2.95. The third kappa shape index (κ3) is 3.69. The molecule has 0 aromatic rings. The van der Waals surface area contributed by atoms with Crippen LogP contribution >= 0.6 is 11.8 Å². The second-order valence-corrected chi connectivity index (χ2v) is 3.92. The van der Waals surface area contributed by atoms with Gasteiger partial charge >= 0.3 is 0 Å². The minimum atomic E-state index is 0.669. The van der Waals surface area contributed by atoms with E-state index in [0.717, 1.165) is 6.54 Å². The van der Waals surface area contributed by atoms with Crippen LogP contribution in [0, 0.1) is 17.8 Å². The standard InChI is InChI=1S/C9H15NS/c1-10-6-2-4-9-5-3-7-11-8-9/h9-10H,3,5-8H2,1H3. The van der Waals surface area contributed by atoms with Gasteiger partial charge in [0.25, 0.3) is 0 Å². The van der Waals surface area contributed by atoms with E-state index in [9.17, 15) is 0 Å². The Balaban J connectivity index is 2.19. The first-order valence-electron chi connectivity index (χ1n) is 4.14. The lowest BCUT2D eigenvalue weighted by Gasteiger charge is -2.15. The molecule has 0 radical (unpaired) electrons. The molecule has 1 N–H and O–H groups in total. The normalized spacial score (nSPS) is 23.9. The average Bonchev–Trinajstić information content (AvgIpc) is 2.07. The van der Waals surface area contributed by atoms with Crippen molar-refractivity contribution in [3.63, 3.8) is 0 Å². The Hall–Kier alpha value is -0.130. The second kappa shape index (κ2) is 5.51. The maximum Gasteiger partial charge on any atom is 0.0574 e. The van der Waals surface area contributed by atoms with E-state index in [-0.39, 0.29) is 0 Å². The van der Waals surface area contributed by atoms with E-state index in [2.05, 4.69) is 17.2 Å². The molecule has 11 heavy (non-hydrogen) atoms. The van der Waals surface area contributed by atoms with E-state index in [1.54, 1.807) is 0 Å². The zero-order valence-corrected chi connectivity index (χ0v) is 7.84. The Morgan fingerprint density at radius 1 is 1.64 bits per heavy atom. The van der Waals surface area contributed by atoms with Crippen molar-refractivity contribution in [2.24, 2.45) is 5.92 Å². The quantitative estimate of drug-likeness (QED) is 0.595. The number of nitrogens with one attached hydrogen (secondary N) is 1. The average molecular weight is 169 g/mol. The molecule has 1 aliphatic heterocycles. The van der Waals surface area contributed by atoms with Gasteiger partial charge in [-0.2, -0.15) is 11.8 Å². The number of thioether (sulfide) groups is 1. The van der Waals surface area contributed by atoms with Crippen LogP contribution in [0.25, 0.3) is 0 Å². The lowest BCUT2D eigenvalue weighted by molar-refractivity contribution is 0.648. The number of hydrogen-bond acceptors (Lipinski definition) is 2. The molecule has 0 bridgehead atoms. The molecule has 2 heteroatoms. The van der Waals surface area contributed by atoms with Crippen molar-refractivity contribution in [2.45, 2.75) is 12.8 Å². The first-order chi connectivity index (χ1) is 5.43.